The first-order valence-electron chi connectivity index (χ1n) is 3.51. The van der Waals surface area contributed by atoms with Gasteiger partial charge in [0, 0.05) is 4.70 Å². The topological polar surface area (TPSA) is 0 Å². The normalized spacial score (nSPS) is 10.6. The van der Waals surface area contributed by atoms with Crippen molar-refractivity contribution >= 4 is 34.7 Å². The van der Waals surface area contributed by atoms with Crippen LogP contribution in [0.5, 0.6) is 0 Å². The lowest BCUT2D eigenvalue weighted by atomic mass is 9.95. The Balaban J connectivity index is 2.87. The van der Waals surface area contributed by atoms with Crippen LogP contribution < -0.4 is 5.46 Å². The average molecular weight is 158 g/mol. The van der Waals surface area contributed by atoms with E-state index < -0.39 is 0 Å². The Bertz CT molecular complexity index is 389. The van der Waals surface area contributed by atoms with Gasteiger partial charge < -0.3 is 0 Å². The SMILES string of the molecule is [B]c1ccc2scc(C)c2c1. The summed E-state index contributed by atoms with van der Waals surface area (Å²) in [7, 11) is 5.66. The van der Waals surface area contributed by atoms with Gasteiger partial charge in [-0.15, -0.1) is 11.3 Å². The van der Waals surface area contributed by atoms with Gasteiger partial charge in [0.15, 0.2) is 0 Å². The Morgan fingerprint density at radius 3 is 3.00 bits per heavy atom. The molecule has 0 atom stereocenters. The summed E-state index contributed by atoms with van der Waals surface area (Å²) in [4.78, 5) is 0. The summed E-state index contributed by atoms with van der Waals surface area (Å²) >= 11 is 1.77. The van der Waals surface area contributed by atoms with E-state index >= 15 is 0 Å². The minimum absolute atomic E-state index is 0.846. The zero-order chi connectivity index (χ0) is 7.84. The highest BCUT2D eigenvalue weighted by atomic mass is 32.1. The number of fused-ring (bicyclic) bond motifs is 1. The van der Waals surface area contributed by atoms with Crippen molar-refractivity contribution in [2.75, 3.05) is 0 Å². The fraction of sp³-hybridized carbons (Fsp3) is 0.111. The van der Waals surface area contributed by atoms with E-state index in [0.717, 1.165) is 5.46 Å². The van der Waals surface area contributed by atoms with Crippen molar-refractivity contribution in [2.45, 2.75) is 6.92 Å². The van der Waals surface area contributed by atoms with Crippen LogP contribution in [0.2, 0.25) is 0 Å². The number of rotatable bonds is 0. The zero-order valence-corrected chi connectivity index (χ0v) is 7.11. The van der Waals surface area contributed by atoms with Crippen molar-refractivity contribution in [1.29, 1.82) is 0 Å². The largest absolute Gasteiger partial charge is 0.144 e. The van der Waals surface area contributed by atoms with Gasteiger partial charge in [-0.1, -0.05) is 17.6 Å². The number of hydrogen-bond acceptors (Lipinski definition) is 1. The predicted octanol–water partition coefficient (Wildman–Crippen LogP) is 2.00. The van der Waals surface area contributed by atoms with Crippen LogP contribution in [0.1, 0.15) is 5.56 Å². The molecular formula is C9H7BS. The molecule has 0 unspecified atom stereocenters. The number of thiophene rings is 1. The maximum atomic E-state index is 5.66. The first kappa shape index (κ1) is 6.92. The molecule has 2 heteroatoms. The summed E-state index contributed by atoms with van der Waals surface area (Å²) < 4.78 is 1.32. The van der Waals surface area contributed by atoms with Crippen molar-refractivity contribution in [1.82, 2.24) is 0 Å². The molecule has 1 aromatic carbocycles. The molecule has 11 heavy (non-hydrogen) atoms. The molecule has 0 fully saturated rings. The maximum absolute atomic E-state index is 5.66. The van der Waals surface area contributed by atoms with Crippen molar-refractivity contribution in [3.63, 3.8) is 0 Å². The molecule has 0 aliphatic heterocycles. The fourth-order valence-electron chi connectivity index (χ4n) is 1.17. The first-order valence-corrected chi connectivity index (χ1v) is 4.38. The van der Waals surface area contributed by atoms with Gasteiger partial charge in [-0.3, -0.25) is 0 Å². The molecule has 2 rings (SSSR count). The van der Waals surface area contributed by atoms with Crippen molar-refractivity contribution < 1.29 is 0 Å². The Hall–Kier alpha value is -0.755. The van der Waals surface area contributed by atoms with E-state index in [1.165, 1.54) is 15.6 Å². The summed E-state index contributed by atoms with van der Waals surface area (Å²) in [5.74, 6) is 0. The third-order valence-electron chi connectivity index (χ3n) is 1.79. The fourth-order valence-corrected chi connectivity index (χ4v) is 2.10. The van der Waals surface area contributed by atoms with Crippen LogP contribution in [0.25, 0.3) is 10.1 Å². The smallest absolute Gasteiger partial charge is 0.113 e. The van der Waals surface area contributed by atoms with E-state index in [1.54, 1.807) is 11.3 Å². The highest BCUT2D eigenvalue weighted by molar-refractivity contribution is 7.17. The lowest BCUT2D eigenvalue weighted by Crippen LogP contribution is -1.98. The first-order chi connectivity index (χ1) is 5.27. The van der Waals surface area contributed by atoms with Gasteiger partial charge >= 0.3 is 0 Å². The van der Waals surface area contributed by atoms with Gasteiger partial charge in [0.2, 0.25) is 0 Å². The molecule has 0 aliphatic carbocycles. The molecule has 1 heterocycles. The van der Waals surface area contributed by atoms with Crippen LogP contribution in [-0.4, -0.2) is 7.85 Å². The summed E-state index contributed by atoms with van der Waals surface area (Å²) in [6, 6.07) is 6.04. The number of aryl methyl sites for hydroxylation is 1. The van der Waals surface area contributed by atoms with Crippen LogP contribution in [0.15, 0.2) is 23.6 Å². The van der Waals surface area contributed by atoms with Gasteiger partial charge in [0.25, 0.3) is 0 Å². The Labute approximate surface area is 71.3 Å². The van der Waals surface area contributed by atoms with Crippen LogP contribution in [0.4, 0.5) is 0 Å². The molecule has 52 valence electrons. The summed E-state index contributed by atoms with van der Waals surface area (Å²) in [6.45, 7) is 2.11. The highest BCUT2D eigenvalue weighted by Crippen LogP contribution is 2.23. The van der Waals surface area contributed by atoms with Crippen LogP contribution in [0.3, 0.4) is 0 Å². The highest BCUT2D eigenvalue weighted by Gasteiger charge is 1.97. The second kappa shape index (κ2) is 2.38. The van der Waals surface area contributed by atoms with Gasteiger partial charge in [-0.2, -0.15) is 0 Å². The third kappa shape index (κ3) is 1.08. The standard InChI is InChI=1S/C9H7BS/c1-6-5-11-9-3-2-7(10)4-8(6)9/h2-5H,1H3. The minimum Gasteiger partial charge on any atom is -0.144 e. The number of hydrogen-bond donors (Lipinski definition) is 0. The molecule has 1 aromatic heterocycles. The van der Waals surface area contributed by atoms with E-state index in [2.05, 4.69) is 18.4 Å². The lowest BCUT2D eigenvalue weighted by molar-refractivity contribution is 1.60. The molecule has 0 saturated carbocycles. The molecule has 0 amide bonds. The minimum atomic E-state index is 0.846. The molecule has 0 saturated heterocycles. The van der Waals surface area contributed by atoms with Gasteiger partial charge in [-0.05, 0) is 29.3 Å². The second-order valence-corrected chi connectivity index (χ2v) is 3.59. The Kier molecular flexibility index (Phi) is 1.50. The Morgan fingerprint density at radius 1 is 1.36 bits per heavy atom. The molecular weight excluding hydrogens is 151 g/mol. The van der Waals surface area contributed by atoms with Gasteiger partial charge in [0.1, 0.15) is 7.85 Å². The molecule has 0 spiro atoms. The molecule has 2 aromatic rings. The van der Waals surface area contributed by atoms with E-state index in [1.807, 2.05) is 12.1 Å². The molecule has 0 bridgehead atoms. The van der Waals surface area contributed by atoms with Crippen LogP contribution >= 0.6 is 11.3 Å². The second-order valence-electron chi connectivity index (χ2n) is 2.67. The third-order valence-corrected chi connectivity index (χ3v) is 2.87. The lowest BCUT2D eigenvalue weighted by Gasteiger charge is -1.93. The maximum Gasteiger partial charge on any atom is 0.113 e. The van der Waals surface area contributed by atoms with Gasteiger partial charge in [0.05, 0.1) is 0 Å². The number of benzene rings is 1. The summed E-state index contributed by atoms with van der Waals surface area (Å²) in [5, 5.41) is 3.44. The van der Waals surface area contributed by atoms with Crippen molar-refractivity contribution in [2.24, 2.45) is 0 Å². The van der Waals surface area contributed by atoms with E-state index in [9.17, 15) is 0 Å². The average Bonchev–Trinajstić information content (AvgIpc) is 2.33. The molecule has 0 aliphatic rings. The predicted molar refractivity (Wildman–Crippen MR) is 52.0 cm³/mol. The molecule has 0 N–H and O–H groups in total. The van der Waals surface area contributed by atoms with Gasteiger partial charge in [-0.25, -0.2) is 0 Å². The van der Waals surface area contributed by atoms with E-state index in [4.69, 9.17) is 7.85 Å². The zero-order valence-electron chi connectivity index (χ0n) is 6.29. The monoisotopic (exact) mass is 158 g/mol. The van der Waals surface area contributed by atoms with E-state index in [0.29, 0.717) is 0 Å². The summed E-state index contributed by atoms with van der Waals surface area (Å²) in [5.41, 5.74) is 2.16. The molecule has 2 radical (unpaired) electrons. The molecule has 0 nitrogen and oxygen atoms in total. The van der Waals surface area contributed by atoms with Crippen molar-refractivity contribution in [3.05, 3.63) is 29.1 Å². The quantitative estimate of drug-likeness (QED) is 0.514. The van der Waals surface area contributed by atoms with E-state index in [-0.39, 0.29) is 0 Å². The van der Waals surface area contributed by atoms with Crippen LogP contribution in [-0.2, 0) is 0 Å². The van der Waals surface area contributed by atoms with Crippen LogP contribution in [0, 0.1) is 6.92 Å². The Morgan fingerprint density at radius 2 is 2.18 bits per heavy atom. The van der Waals surface area contributed by atoms with Crippen molar-refractivity contribution in [3.8, 4) is 0 Å². The summed E-state index contributed by atoms with van der Waals surface area (Å²) in [6.07, 6.45) is 0.